The third kappa shape index (κ3) is 2.26. The van der Waals surface area contributed by atoms with Crippen LogP contribution >= 0.6 is 0 Å². The van der Waals surface area contributed by atoms with Crippen molar-refractivity contribution in [2.75, 3.05) is 13.3 Å². The minimum Gasteiger partial charge on any atom is -0.480 e. The lowest BCUT2D eigenvalue weighted by Crippen LogP contribution is -2.30. The summed E-state index contributed by atoms with van der Waals surface area (Å²) in [5.41, 5.74) is 0.701. The Morgan fingerprint density at radius 1 is 1.39 bits per heavy atom. The summed E-state index contributed by atoms with van der Waals surface area (Å²) in [6.07, 6.45) is 2.39. The van der Waals surface area contributed by atoms with Gasteiger partial charge in [-0.3, -0.25) is 4.79 Å². The Balaban J connectivity index is 1.77. The van der Waals surface area contributed by atoms with Crippen molar-refractivity contribution in [3.05, 3.63) is 23.8 Å². The number of aliphatic carboxylic acids is 1. The minimum atomic E-state index is -0.866. The molecule has 1 heterocycles. The van der Waals surface area contributed by atoms with Crippen molar-refractivity contribution in [3.63, 3.8) is 0 Å². The lowest BCUT2D eigenvalue weighted by molar-refractivity contribution is -0.139. The van der Waals surface area contributed by atoms with E-state index >= 15 is 0 Å². The van der Waals surface area contributed by atoms with Crippen LogP contribution in [0.25, 0.3) is 0 Å². The summed E-state index contributed by atoms with van der Waals surface area (Å²) in [6.45, 7) is 0.956. The third-order valence-corrected chi connectivity index (χ3v) is 3.28. The van der Waals surface area contributed by atoms with Crippen molar-refractivity contribution in [2.45, 2.75) is 18.9 Å². The summed E-state index contributed by atoms with van der Waals surface area (Å²) in [7, 11) is 0. The molecular formula is C13H15NO4. The summed E-state index contributed by atoms with van der Waals surface area (Å²) in [4.78, 5) is 11.3. The van der Waals surface area contributed by atoms with Gasteiger partial charge in [0, 0.05) is 0 Å². The first kappa shape index (κ1) is 11.3. The van der Waals surface area contributed by atoms with E-state index in [-0.39, 0.29) is 6.79 Å². The highest BCUT2D eigenvalue weighted by atomic mass is 16.7. The van der Waals surface area contributed by atoms with Crippen LogP contribution in [-0.4, -0.2) is 24.4 Å². The number of ether oxygens (including phenoxy) is 2. The normalized spacial score (nSPS) is 18.7. The molecule has 0 saturated heterocycles. The molecule has 2 N–H and O–H groups in total. The maximum atomic E-state index is 11.3. The van der Waals surface area contributed by atoms with Gasteiger partial charge in [0.05, 0.1) is 0 Å². The molecular weight excluding hydrogens is 234 g/mol. The van der Waals surface area contributed by atoms with E-state index in [9.17, 15) is 9.90 Å². The summed E-state index contributed by atoms with van der Waals surface area (Å²) in [5, 5.41) is 12.4. The number of hydrogen-bond acceptors (Lipinski definition) is 4. The molecule has 3 rings (SSSR count). The quantitative estimate of drug-likeness (QED) is 0.828. The molecule has 1 atom stereocenters. The van der Waals surface area contributed by atoms with Gasteiger partial charge in [0.2, 0.25) is 6.79 Å². The molecule has 1 aliphatic heterocycles. The van der Waals surface area contributed by atoms with E-state index in [1.54, 1.807) is 18.2 Å². The predicted octanol–water partition coefficient (Wildman–Crippen LogP) is 1.54. The van der Waals surface area contributed by atoms with Crippen LogP contribution in [0, 0.1) is 5.92 Å². The van der Waals surface area contributed by atoms with Gasteiger partial charge < -0.3 is 19.9 Å². The first-order chi connectivity index (χ1) is 8.74. The highest BCUT2D eigenvalue weighted by Gasteiger charge is 2.27. The first-order valence-corrected chi connectivity index (χ1v) is 6.10. The van der Waals surface area contributed by atoms with Crippen molar-refractivity contribution >= 4 is 5.97 Å². The smallest absolute Gasteiger partial charge is 0.325 e. The fourth-order valence-electron chi connectivity index (χ4n) is 2.05. The summed E-state index contributed by atoms with van der Waals surface area (Å²) < 4.78 is 10.5. The number of fused-ring (bicyclic) bond motifs is 1. The van der Waals surface area contributed by atoms with E-state index in [1.807, 2.05) is 0 Å². The van der Waals surface area contributed by atoms with E-state index in [1.165, 1.54) is 12.8 Å². The molecule has 1 saturated carbocycles. The number of carboxylic acids is 1. The number of benzene rings is 1. The SMILES string of the molecule is O=C(O)C(NCC1CC1)c1ccc2c(c1)OCO2. The molecule has 1 aliphatic carbocycles. The summed E-state index contributed by atoms with van der Waals surface area (Å²) in [6, 6.07) is 4.58. The molecule has 2 aliphatic rings. The molecule has 1 aromatic carbocycles. The number of hydrogen-bond donors (Lipinski definition) is 2. The van der Waals surface area contributed by atoms with E-state index in [0.29, 0.717) is 23.0 Å². The van der Waals surface area contributed by atoms with E-state index in [4.69, 9.17) is 9.47 Å². The van der Waals surface area contributed by atoms with Crippen LogP contribution in [0.15, 0.2) is 18.2 Å². The number of nitrogens with one attached hydrogen (secondary N) is 1. The van der Waals surface area contributed by atoms with Gasteiger partial charge in [0.1, 0.15) is 6.04 Å². The molecule has 0 radical (unpaired) electrons. The summed E-state index contributed by atoms with van der Waals surface area (Å²) in [5.74, 6) is 1.06. The van der Waals surface area contributed by atoms with Crippen molar-refractivity contribution in [2.24, 2.45) is 5.92 Å². The highest BCUT2D eigenvalue weighted by Crippen LogP contribution is 2.34. The average Bonchev–Trinajstić information content (AvgIpc) is 3.05. The molecule has 1 unspecified atom stereocenters. The fourth-order valence-corrected chi connectivity index (χ4v) is 2.05. The number of rotatable bonds is 5. The predicted molar refractivity (Wildman–Crippen MR) is 63.7 cm³/mol. The zero-order valence-corrected chi connectivity index (χ0v) is 9.89. The Bertz CT molecular complexity index is 470. The van der Waals surface area contributed by atoms with Crippen LogP contribution in [-0.2, 0) is 4.79 Å². The standard InChI is InChI=1S/C13H15NO4/c15-13(16)12(14-6-8-1-2-8)9-3-4-10-11(5-9)18-7-17-10/h3-5,8,12,14H,1-2,6-7H2,(H,15,16). The van der Waals surface area contributed by atoms with Gasteiger partial charge in [-0.05, 0) is 43.0 Å². The zero-order chi connectivity index (χ0) is 12.5. The topological polar surface area (TPSA) is 67.8 Å². The average molecular weight is 249 g/mol. The molecule has 0 aromatic heterocycles. The monoisotopic (exact) mass is 249 g/mol. The Morgan fingerprint density at radius 3 is 2.89 bits per heavy atom. The largest absolute Gasteiger partial charge is 0.480 e. The van der Waals surface area contributed by atoms with E-state index < -0.39 is 12.0 Å². The van der Waals surface area contributed by atoms with Crippen molar-refractivity contribution < 1.29 is 19.4 Å². The molecule has 0 amide bonds. The summed E-state index contributed by atoms with van der Waals surface area (Å²) >= 11 is 0. The number of carboxylic acid groups (broad SMARTS) is 1. The molecule has 5 nitrogen and oxygen atoms in total. The molecule has 1 fully saturated rings. The van der Waals surface area contributed by atoms with Crippen LogP contribution in [0.2, 0.25) is 0 Å². The van der Waals surface area contributed by atoms with E-state index in [2.05, 4.69) is 5.32 Å². The lowest BCUT2D eigenvalue weighted by Gasteiger charge is -2.15. The molecule has 5 heteroatoms. The molecule has 18 heavy (non-hydrogen) atoms. The molecule has 1 aromatic rings. The van der Waals surface area contributed by atoms with E-state index in [0.717, 1.165) is 6.54 Å². The Hall–Kier alpha value is -1.75. The van der Waals surface area contributed by atoms with Crippen LogP contribution in [0.3, 0.4) is 0 Å². The second-order valence-corrected chi connectivity index (χ2v) is 4.74. The lowest BCUT2D eigenvalue weighted by atomic mass is 10.1. The van der Waals surface area contributed by atoms with Gasteiger partial charge in [0.15, 0.2) is 11.5 Å². The van der Waals surface area contributed by atoms with Crippen LogP contribution < -0.4 is 14.8 Å². The zero-order valence-electron chi connectivity index (χ0n) is 9.89. The van der Waals surface area contributed by atoms with Gasteiger partial charge in [-0.15, -0.1) is 0 Å². The minimum absolute atomic E-state index is 0.200. The van der Waals surface area contributed by atoms with Gasteiger partial charge in [-0.25, -0.2) is 0 Å². The first-order valence-electron chi connectivity index (χ1n) is 6.10. The van der Waals surface area contributed by atoms with Crippen LogP contribution in [0.4, 0.5) is 0 Å². The second kappa shape index (κ2) is 4.49. The second-order valence-electron chi connectivity index (χ2n) is 4.74. The van der Waals surface area contributed by atoms with Gasteiger partial charge in [0.25, 0.3) is 0 Å². The Morgan fingerprint density at radius 2 is 2.17 bits per heavy atom. The van der Waals surface area contributed by atoms with Gasteiger partial charge in [-0.2, -0.15) is 0 Å². The maximum Gasteiger partial charge on any atom is 0.325 e. The third-order valence-electron chi connectivity index (χ3n) is 3.28. The van der Waals surface area contributed by atoms with Crippen LogP contribution in [0.1, 0.15) is 24.4 Å². The Kier molecular flexibility index (Phi) is 2.83. The van der Waals surface area contributed by atoms with Crippen molar-refractivity contribution in [1.82, 2.24) is 5.32 Å². The molecule has 0 bridgehead atoms. The fraction of sp³-hybridized carbons (Fsp3) is 0.462. The van der Waals surface area contributed by atoms with Gasteiger partial charge >= 0.3 is 5.97 Å². The molecule has 0 spiro atoms. The number of carbonyl (C=O) groups is 1. The maximum absolute atomic E-state index is 11.3. The van der Waals surface area contributed by atoms with Crippen molar-refractivity contribution in [1.29, 1.82) is 0 Å². The van der Waals surface area contributed by atoms with Crippen LogP contribution in [0.5, 0.6) is 11.5 Å². The molecule has 96 valence electrons. The van der Waals surface area contributed by atoms with Crippen molar-refractivity contribution in [3.8, 4) is 11.5 Å². The Labute approximate surface area is 105 Å². The van der Waals surface area contributed by atoms with Gasteiger partial charge in [-0.1, -0.05) is 6.07 Å². The highest BCUT2D eigenvalue weighted by molar-refractivity contribution is 5.76.